The molecule has 284 valence electrons. The van der Waals surface area contributed by atoms with Crippen molar-refractivity contribution in [1.29, 1.82) is 0 Å². The Bertz CT molecular complexity index is 897. The number of hydrogen-bond acceptors (Lipinski definition) is 8. The summed E-state index contributed by atoms with van der Waals surface area (Å²) in [6, 6.07) is -0.996. The molecule has 0 aromatic rings. The van der Waals surface area contributed by atoms with Crippen LogP contribution in [-0.4, -0.2) is 70.1 Å². The third-order valence-corrected chi connectivity index (χ3v) is 10.3. The smallest absolute Gasteiger partial charge is 0.394 e. The molecule has 0 bridgehead atoms. The second-order valence-electron chi connectivity index (χ2n) is 12.7. The van der Waals surface area contributed by atoms with Gasteiger partial charge in [-0.05, 0) is 19.3 Å². The molecule has 0 rings (SSSR count). The van der Waals surface area contributed by atoms with Crippen LogP contribution in [-0.2, 0) is 28.4 Å². The summed E-state index contributed by atoms with van der Waals surface area (Å²) in [6.07, 6.45) is 18.8. The van der Waals surface area contributed by atoms with Gasteiger partial charge in [-0.15, -0.1) is 0 Å². The average Bonchev–Trinajstić information content (AvgIpc) is 3.03. The minimum atomic E-state index is -5.57. The number of halogens is 2. The van der Waals surface area contributed by atoms with Crippen molar-refractivity contribution in [2.45, 2.75) is 173 Å². The third kappa shape index (κ3) is 26.6. The van der Waals surface area contributed by atoms with Gasteiger partial charge in [0.2, 0.25) is 5.91 Å². The molecular formula is C34H65F2N2O8PS. The first-order valence-electron chi connectivity index (χ1n) is 18.2. The van der Waals surface area contributed by atoms with Gasteiger partial charge in [-0.1, -0.05) is 117 Å². The molecule has 1 amide bonds. The highest BCUT2D eigenvalue weighted by atomic mass is 32.2. The Morgan fingerprint density at radius 2 is 1.21 bits per heavy atom. The molecule has 0 aliphatic heterocycles. The molecule has 0 spiro atoms. The van der Waals surface area contributed by atoms with E-state index in [1.165, 1.54) is 82.4 Å². The highest BCUT2D eigenvalue weighted by molar-refractivity contribution is 7.99. The molecule has 5 N–H and O–H groups in total. The monoisotopic (exact) mass is 730 g/mol. The van der Waals surface area contributed by atoms with Gasteiger partial charge in [0.25, 0.3) is 0 Å². The predicted molar refractivity (Wildman–Crippen MR) is 189 cm³/mol. The van der Waals surface area contributed by atoms with Gasteiger partial charge in [-0.25, -0.2) is 0 Å². The molecule has 48 heavy (non-hydrogen) atoms. The molecule has 0 radical (unpaired) electrons. The molecule has 0 aliphatic carbocycles. The van der Waals surface area contributed by atoms with Crippen molar-refractivity contribution in [2.24, 2.45) is 5.73 Å². The van der Waals surface area contributed by atoms with E-state index in [-0.39, 0.29) is 49.4 Å². The number of hydrogen-bond donors (Lipinski definition) is 4. The lowest BCUT2D eigenvalue weighted by Gasteiger charge is -2.19. The Morgan fingerprint density at radius 1 is 0.750 bits per heavy atom. The van der Waals surface area contributed by atoms with Crippen molar-refractivity contribution in [3.8, 4) is 0 Å². The SMILES string of the molecule is CCCCCCCCCCCC(=O)OCC(CSCC(N)C(=O)NCCCC(F)(F)P(=O)(O)O)OC(=O)CCCCCCCCCCC. The summed E-state index contributed by atoms with van der Waals surface area (Å²) < 4.78 is 48.7. The minimum absolute atomic E-state index is 0.0953. The second-order valence-corrected chi connectivity index (χ2v) is 15.5. The lowest BCUT2D eigenvalue weighted by Crippen LogP contribution is -2.43. The number of carbonyl (C=O) groups excluding carboxylic acids is 3. The van der Waals surface area contributed by atoms with Gasteiger partial charge in [0.15, 0.2) is 0 Å². The van der Waals surface area contributed by atoms with Gasteiger partial charge in [0.1, 0.15) is 12.7 Å². The summed E-state index contributed by atoms with van der Waals surface area (Å²) in [7, 11) is -5.57. The van der Waals surface area contributed by atoms with E-state index in [2.05, 4.69) is 19.2 Å². The summed E-state index contributed by atoms with van der Waals surface area (Å²) in [5.41, 5.74) is 1.77. The Labute approximate surface area is 292 Å². The van der Waals surface area contributed by atoms with Gasteiger partial charge >= 0.3 is 25.2 Å². The lowest BCUT2D eigenvalue weighted by molar-refractivity contribution is -0.157. The number of amides is 1. The van der Waals surface area contributed by atoms with E-state index in [0.717, 1.165) is 44.9 Å². The van der Waals surface area contributed by atoms with E-state index in [1.807, 2.05) is 0 Å². The molecule has 2 atom stereocenters. The fourth-order valence-corrected chi connectivity index (χ4v) is 6.39. The van der Waals surface area contributed by atoms with Crippen LogP contribution in [0.5, 0.6) is 0 Å². The van der Waals surface area contributed by atoms with Crippen LogP contribution in [0, 0.1) is 0 Å². The number of ether oxygens (including phenoxy) is 2. The van der Waals surface area contributed by atoms with Crippen LogP contribution in [0.2, 0.25) is 0 Å². The molecule has 0 saturated heterocycles. The Kier molecular flexibility index (Phi) is 28.7. The fraction of sp³-hybridized carbons (Fsp3) is 0.912. The van der Waals surface area contributed by atoms with Crippen LogP contribution in [0.1, 0.15) is 155 Å². The largest absolute Gasteiger partial charge is 0.462 e. The zero-order valence-electron chi connectivity index (χ0n) is 29.6. The molecule has 10 nitrogen and oxygen atoms in total. The number of rotatable bonds is 33. The van der Waals surface area contributed by atoms with Crippen LogP contribution in [0.4, 0.5) is 8.78 Å². The van der Waals surface area contributed by atoms with Gasteiger partial charge < -0.3 is 30.3 Å². The first-order valence-corrected chi connectivity index (χ1v) is 21.0. The van der Waals surface area contributed by atoms with Gasteiger partial charge in [0.05, 0.1) is 6.04 Å². The molecule has 0 aliphatic rings. The maximum atomic E-state index is 13.4. The number of thioether (sulfide) groups is 1. The Morgan fingerprint density at radius 3 is 1.69 bits per heavy atom. The first-order chi connectivity index (χ1) is 22.8. The molecule has 0 aromatic carbocycles. The van der Waals surface area contributed by atoms with E-state index in [1.54, 1.807) is 0 Å². The Hall–Kier alpha value is -1.27. The van der Waals surface area contributed by atoms with E-state index in [4.69, 9.17) is 25.0 Å². The molecule has 0 heterocycles. The summed E-state index contributed by atoms with van der Waals surface area (Å²) >= 11 is 1.24. The summed E-state index contributed by atoms with van der Waals surface area (Å²) in [5, 5.41) is 2.39. The van der Waals surface area contributed by atoms with Gasteiger partial charge in [0, 0.05) is 37.3 Å². The molecule has 2 unspecified atom stereocenters. The maximum Gasteiger partial charge on any atom is 0.394 e. The number of nitrogens with two attached hydrogens (primary N) is 1. The van der Waals surface area contributed by atoms with E-state index >= 15 is 0 Å². The summed E-state index contributed by atoms with van der Waals surface area (Å²) in [6.45, 7) is 4.08. The van der Waals surface area contributed by atoms with Crippen molar-refractivity contribution in [3.63, 3.8) is 0 Å². The van der Waals surface area contributed by atoms with Crippen LogP contribution in [0.25, 0.3) is 0 Å². The van der Waals surface area contributed by atoms with Crippen molar-refractivity contribution < 1.29 is 47.0 Å². The molecule has 0 aromatic heterocycles. The maximum absolute atomic E-state index is 13.4. The number of unbranched alkanes of at least 4 members (excludes halogenated alkanes) is 16. The lowest BCUT2D eigenvalue weighted by atomic mass is 10.1. The molecule has 0 fully saturated rings. The zero-order chi connectivity index (χ0) is 36.1. The topological polar surface area (TPSA) is 165 Å². The number of nitrogens with one attached hydrogen (secondary N) is 1. The standard InChI is InChI=1S/C34H65F2N2O8PS/c1-3-5-7-9-11-13-15-17-19-22-31(39)45-26-29(46-32(40)23-20-18-16-14-12-10-8-6-4-2)27-48-28-30(37)33(41)38-25-21-24-34(35,36)47(42,43)44/h29-30H,3-28,37H2,1-2H3,(H,38,41)(H2,42,43,44). The van der Waals surface area contributed by atoms with Crippen LogP contribution in [0.15, 0.2) is 0 Å². The number of carbonyl (C=O) groups is 3. The van der Waals surface area contributed by atoms with E-state index < -0.39 is 37.7 Å². The highest BCUT2D eigenvalue weighted by Crippen LogP contribution is 2.55. The van der Waals surface area contributed by atoms with Crippen molar-refractivity contribution in [1.82, 2.24) is 5.32 Å². The van der Waals surface area contributed by atoms with Crippen molar-refractivity contribution >= 4 is 37.2 Å². The summed E-state index contributed by atoms with van der Waals surface area (Å²) in [4.78, 5) is 54.6. The van der Waals surface area contributed by atoms with Gasteiger partial charge in [-0.2, -0.15) is 20.5 Å². The van der Waals surface area contributed by atoms with Crippen molar-refractivity contribution in [3.05, 3.63) is 0 Å². The Balaban J connectivity index is 4.60. The second kappa shape index (κ2) is 29.5. The zero-order valence-corrected chi connectivity index (χ0v) is 31.3. The molecular weight excluding hydrogens is 665 g/mol. The van der Waals surface area contributed by atoms with Gasteiger partial charge in [-0.3, -0.25) is 18.9 Å². The molecule has 14 heteroatoms. The normalized spacial score (nSPS) is 13.2. The van der Waals surface area contributed by atoms with Crippen LogP contribution >= 0.6 is 19.4 Å². The predicted octanol–water partition coefficient (Wildman–Crippen LogP) is 8.01. The van der Waals surface area contributed by atoms with E-state index in [9.17, 15) is 27.7 Å². The third-order valence-electron chi connectivity index (χ3n) is 8.01. The van der Waals surface area contributed by atoms with Crippen molar-refractivity contribution in [2.75, 3.05) is 24.7 Å². The average molecular weight is 731 g/mol. The van der Waals surface area contributed by atoms with E-state index in [0.29, 0.717) is 6.42 Å². The number of esters is 2. The molecule has 0 saturated carbocycles. The highest BCUT2D eigenvalue weighted by Gasteiger charge is 2.47. The van der Waals surface area contributed by atoms with Crippen LogP contribution < -0.4 is 11.1 Å². The summed E-state index contributed by atoms with van der Waals surface area (Å²) in [5.74, 6) is -0.947. The minimum Gasteiger partial charge on any atom is -0.462 e. The quantitative estimate of drug-likeness (QED) is 0.0295. The number of alkyl halides is 2. The fourth-order valence-electron chi connectivity index (χ4n) is 4.97. The first kappa shape index (κ1) is 46.7. The van der Waals surface area contributed by atoms with Crippen LogP contribution in [0.3, 0.4) is 0 Å².